The van der Waals surface area contributed by atoms with Gasteiger partial charge in [-0.3, -0.25) is 18.4 Å². The Morgan fingerprint density at radius 1 is 0.938 bits per heavy atom. The van der Waals surface area contributed by atoms with Crippen LogP contribution in [0.2, 0.25) is 0 Å². The van der Waals surface area contributed by atoms with Gasteiger partial charge in [-0.15, -0.1) is 5.46 Å². The molecule has 3 aliphatic rings. The number of imidazole rings is 1. The number of alkyl halides is 3. The van der Waals surface area contributed by atoms with Crippen molar-refractivity contribution in [2.45, 2.75) is 61.9 Å². The third-order valence-corrected chi connectivity index (χ3v) is 13.1. The van der Waals surface area contributed by atoms with Crippen LogP contribution in [0.4, 0.5) is 19.0 Å². The highest BCUT2D eigenvalue weighted by atomic mass is 31.3. The summed E-state index contributed by atoms with van der Waals surface area (Å²) >= 11 is 0. The summed E-state index contributed by atoms with van der Waals surface area (Å²) in [5.74, 6) is -0.774. The molecule has 3 aliphatic heterocycles. The first kappa shape index (κ1) is 46.5. The molecule has 65 heavy (non-hydrogen) atoms. The highest BCUT2D eigenvalue weighted by Crippen LogP contribution is 2.61. The van der Waals surface area contributed by atoms with Crippen molar-refractivity contribution in [2.24, 2.45) is 5.73 Å². The second-order valence-corrected chi connectivity index (χ2v) is 17.8. The van der Waals surface area contributed by atoms with E-state index in [0.717, 1.165) is 30.6 Å². The number of halogens is 3. The zero-order valence-electron chi connectivity index (χ0n) is 32.9. The van der Waals surface area contributed by atoms with Crippen LogP contribution in [0.1, 0.15) is 33.9 Å². The Morgan fingerprint density at radius 2 is 1.62 bits per heavy atom. The normalized spacial score (nSPS) is 28.5. The Labute approximate surface area is 362 Å². The average Bonchev–Trinajstić information content (AvgIpc) is 3.99. The first-order valence-corrected chi connectivity index (χ1v) is 22.0. The van der Waals surface area contributed by atoms with E-state index in [-0.39, 0.29) is 46.1 Å². The molecule has 6 heterocycles. The van der Waals surface area contributed by atoms with Gasteiger partial charge in [0, 0.05) is 12.7 Å². The molecule has 2 unspecified atom stereocenters. The molecule has 24 nitrogen and oxygen atoms in total. The van der Waals surface area contributed by atoms with Crippen LogP contribution in [-0.2, 0) is 54.1 Å². The van der Waals surface area contributed by atoms with E-state index in [0.29, 0.717) is 5.56 Å². The maximum Gasteiger partial charge on any atom is 0.481 e. The van der Waals surface area contributed by atoms with E-state index in [1.807, 2.05) is 0 Å². The van der Waals surface area contributed by atoms with E-state index in [4.69, 9.17) is 44.0 Å². The summed E-state index contributed by atoms with van der Waals surface area (Å²) in [6.45, 7) is -5.78. The highest BCUT2D eigenvalue weighted by Gasteiger charge is 2.54. The number of hydrogen-bond acceptors (Lipinski definition) is 19. The van der Waals surface area contributed by atoms with Crippen molar-refractivity contribution < 1.29 is 98.7 Å². The Bertz CT molecular complexity index is 2690. The van der Waals surface area contributed by atoms with Gasteiger partial charge in [-0.2, -0.15) is 22.0 Å². The molecule has 0 aliphatic carbocycles. The number of aliphatic hydroxyl groups excluding tert-OH is 3. The summed E-state index contributed by atoms with van der Waals surface area (Å²) in [6, 6.07) is 10.8. The minimum atomic E-state index is -5.60. The fourth-order valence-corrected chi connectivity index (χ4v) is 9.37. The molecular weight excluding hydrogens is 920 g/mol. The van der Waals surface area contributed by atoms with Crippen LogP contribution < -0.4 is 26.2 Å². The number of benzene rings is 2. The topological polar surface area (TPSA) is 346 Å². The fraction of sp³-hybridized carbons (Fsp3) is 0.343. The summed E-state index contributed by atoms with van der Waals surface area (Å²) in [5, 5.41) is 44.6. The fourth-order valence-electron chi connectivity index (χ4n) is 7.28. The summed E-state index contributed by atoms with van der Waals surface area (Å²) in [5.41, 5.74) is 11.0. The number of carbonyl (C=O) groups is 1. The average molecular weight is 957 g/mol. The molecule has 11 atom stereocenters. The van der Waals surface area contributed by atoms with Gasteiger partial charge in [0.15, 0.2) is 30.1 Å². The maximum absolute atomic E-state index is 13.1. The van der Waals surface area contributed by atoms with Gasteiger partial charge in [0.25, 0.3) is 12.1 Å². The minimum absolute atomic E-state index is 0.0124. The number of carbonyl (C=O) groups excluding carboxylic acids is 1. The first-order valence-electron chi connectivity index (χ1n) is 19.0. The van der Waals surface area contributed by atoms with E-state index in [9.17, 15) is 57.2 Å². The summed E-state index contributed by atoms with van der Waals surface area (Å²) < 4.78 is 111. The van der Waals surface area contributed by atoms with Crippen molar-refractivity contribution in [3.63, 3.8) is 0 Å². The van der Waals surface area contributed by atoms with Crippen LogP contribution in [0.25, 0.3) is 11.2 Å². The lowest BCUT2D eigenvalue weighted by Gasteiger charge is -2.36. The van der Waals surface area contributed by atoms with Crippen LogP contribution in [-0.4, -0.2) is 112 Å². The zero-order chi connectivity index (χ0) is 46.6. The molecule has 1 amide bonds. The molecule has 0 saturated carbocycles. The van der Waals surface area contributed by atoms with Crippen molar-refractivity contribution in [3.05, 3.63) is 96.3 Å². The molecule has 2 fully saturated rings. The highest BCUT2D eigenvalue weighted by molar-refractivity contribution is 7.61. The number of aromatic nitrogens is 5. The number of fused-ring (bicyclic) bond motifs is 2. The lowest BCUT2D eigenvalue weighted by molar-refractivity contribution is -0.765. The molecule has 0 bridgehead atoms. The largest absolute Gasteiger partial charge is 0.555 e. The second-order valence-electron chi connectivity index (χ2n) is 14.8. The molecule has 8 rings (SSSR count). The van der Waals surface area contributed by atoms with E-state index >= 15 is 0 Å². The molecular formula is C35H37BF3N7O17P2. The van der Waals surface area contributed by atoms with E-state index in [1.54, 1.807) is 0 Å². The number of aliphatic hydroxyl groups is 3. The van der Waals surface area contributed by atoms with Crippen LogP contribution in [0.15, 0.2) is 79.6 Å². The van der Waals surface area contributed by atoms with Gasteiger partial charge >= 0.3 is 28.6 Å². The maximum atomic E-state index is 13.1. The van der Waals surface area contributed by atoms with Crippen molar-refractivity contribution in [1.29, 1.82) is 0 Å². The predicted octanol–water partition coefficient (Wildman–Crippen LogP) is 0.188. The van der Waals surface area contributed by atoms with Crippen molar-refractivity contribution in [2.75, 3.05) is 18.9 Å². The SMILES string of the molecule is NC(=O)c1ccc[n+]([C@@H]2O[C@H](COP(=O)(O)OP(=O)(O)OC[C@H]3O[C@@H](n4cnc5c(N)ncnc54)[C@H](O)[C@@H]3O)[C@@H](O)[C@H]2O[B@-]2(O)OCc3ccc(Oc4ccc(C(F)(F)F)cc4)cc32)c1. The van der Waals surface area contributed by atoms with Crippen LogP contribution in [0.5, 0.6) is 11.5 Å². The molecule has 10 N–H and O–H groups in total. The van der Waals surface area contributed by atoms with Crippen LogP contribution in [0.3, 0.4) is 0 Å². The number of ether oxygens (including phenoxy) is 3. The summed E-state index contributed by atoms with van der Waals surface area (Å²) in [6.07, 6.45) is -12.6. The Hall–Kier alpha value is -5.00. The number of anilines is 1. The number of phosphoric acid groups is 2. The van der Waals surface area contributed by atoms with Gasteiger partial charge in [0.2, 0.25) is 0 Å². The Balaban J connectivity index is 0.941. The Morgan fingerprint density at radius 3 is 2.29 bits per heavy atom. The molecule has 2 saturated heterocycles. The van der Waals surface area contributed by atoms with Crippen molar-refractivity contribution >= 4 is 50.8 Å². The van der Waals surface area contributed by atoms with Crippen molar-refractivity contribution in [3.8, 4) is 11.5 Å². The summed E-state index contributed by atoms with van der Waals surface area (Å²) in [4.78, 5) is 44.8. The first-order chi connectivity index (χ1) is 30.6. The lowest BCUT2D eigenvalue weighted by atomic mass is 9.69. The number of rotatable bonds is 15. The molecule has 3 aromatic heterocycles. The summed E-state index contributed by atoms with van der Waals surface area (Å²) in [7, 11) is -11.1. The van der Waals surface area contributed by atoms with Gasteiger partial charge < -0.3 is 65.1 Å². The Kier molecular flexibility index (Phi) is 12.6. The second kappa shape index (κ2) is 17.7. The van der Waals surface area contributed by atoms with Gasteiger partial charge in [-0.25, -0.2) is 24.1 Å². The molecule has 30 heteroatoms. The van der Waals surface area contributed by atoms with Crippen LogP contribution >= 0.6 is 15.6 Å². The van der Waals surface area contributed by atoms with Crippen molar-refractivity contribution in [1.82, 2.24) is 19.5 Å². The monoisotopic (exact) mass is 957 g/mol. The van der Waals surface area contributed by atoms with Gasteiger partial charge in [0.1, 0.15) is 65.5 Å². The van der Waals surface area contributed by atoms with E-state index < -0.39 is 102 Å². The standard InChI is InChI=1S/C35H37BF3N7O17P2/c37-35(38,39)19-4-7-20(8-5-19)59-21-6-3-18-12-56-36(51,22(18)10-21)62-29-27(48)24(61-34(29)45-9-1-2-17(11-45)31(41)50)14-58-65(54,55)63-64(52,53)57-13-23-26(47)28(49)33(60-23)46-16-44-25-30(40)42-15-43-32(25)46/h1-11,15-16,23-24,26-29,33-34,47-49,51H,12-14H2,(H2,41,50)(H,52,53)(H,54,55)(H2,40,42,43)/t23-,24-,26-,27-,28-,29-,33-,34-,36-/m1/s1. The number of phosphoric ester groups is 2. The zero-order valence-corrected chi connectivity index (χ0v) is 34.7. The predicted molar refractivity (Wildman–Crippen MR) is 209 cm³/mol. The quantitative estimate of drug-likeness (QED) is 0.0394. The van der Waals surface area contributed by atoms with E-state index in [2.05, 4.69) is 19.3 Å². The van der Waals surface area contributed by atoms with E-state index in [1.165, 1.54) is 58.2 Å². The number of nitrogen functional groups attached to an aromatic ring is 1. The minimum Gasteiger partial charge on any atom is -0.555 e. The van der Waals surface area contributed by atoms with Crippen LogP contribution in [0, 0.1) is 0 Å². The van der Waals surface area contributed by atoms with Gasteiger partial charge in [-0.05, 0) is 42.5 Å². The molecule has 0 radical (unpaired) electrons. The smallest absolute Gasteiger partial charge is 0.481 e. The third kappa shape index (κ3) is 9.78. The molecule has 2 aromatic carbocycles. The lowest BCUT2D eigenvalue weighted by Crippen LogP contribution is -2.58. The molecule has 0 spiro atoms. The number of nitrogens with zero attached hydrogens (tertiary/aromatic N) is 5. The number of primary amides is 1. The number of amides is 1. The third-order valence-electron chi connectivity index (χ3n) is 10.5. The number of hydrogen-bond donors (Lipinski definition) is 8. The molecule has 348 valence electrons. The van der Waals surface area contributed by atoms with Gasteiger partial charge in [0.05, 0.1) is 25.1 Å². The molecule has 5 aromatic rings. The number of pyridine rings is 1. The number of nitrogens with two attached hydrogens (primary N) is 2. The van der Waals surface area contributed by atoms with Gasteiger partial charge in [-0.1, -0.05) is 11.6 Å².